The number of fused-ring (bicyclic) bond motifs is 1. The molecular weight excluding hydrogens is 252 g/mol. The van der Waals surface area contributed by atoms with Crippen LogP contribution in [0.3, 0.4) is 0 Å². The van der Waals surface area contributed by atoms with E-state index in [1.54, 1.807) is 0 Å². The van der Waals surface area contributed by atoms with Gasteiger partial charge in [0.1, 0.15) is 11.0 Å². The minimum absolute atomic E-state index is 0.0895. The highest BCUT2D eigenvalue weighted by Crippen LogP contribution is 2.40. The van der Waals surface area contributed by atoms with Crippen LogP contribution in [0.2, 0.25) is 0 Å². The Balaban J connectivity index is 2.31. The maximum absolute atomic E-state index is 11.5. The smallest absolute Gasteiger partial charge is 0.275 e. The number of aliphatic hydroxyl groups is 1. The molecule has 0 aromatic carbocycles. The van der Waals surface area contributed by atoms with Crippen LogP contribution in [0.5, 0.6) is 11.5 Å². The molecule has 8 nitrogen and oxygen atoms in total. The molecule has 0 saturated heterocycles. The second-order valence-electron chi connectivity index (χ2n) is 3.99. The van der Waals surface area contributed by atoms with Crippen LogP contribution in [0.25, 0.3) is 22.3 Å². The predicted octanol–water partition coefficient (Wildman–Crippen LogP) is 0.150. The van der Waals surface area contributed by atoms with Gasteiger partial charge in [0.2, 0.25) is 0 Å². The molecular formula is C11H10N4O4. The summed E-state index contributed by atoms with van der Waals surface area (Å²) in [5.74, 6) is -0.816. The molecule has 0 amide bonds. The van der Waals surface area contributed by atoms with Gasteiger partial charge in [-0.15, -0.1) is 0 Å². The fraction of sp³-hybridized carbons (Fsp3) is 0.0909. The number of aromatic hydroxyl groups is 2. The van der Waals surface area contributed by atoms with E-state index >= 15 is 0 Å². The molecule has 6 N–H and O–H groups in total. The Morgan fingerprint density at radius 3 is 2.68 bits per heavy atom. The van der Waals surface area contributed by atoms with E-state index in [1.165, 1.54) is 12.5 Å². The van der Waals surface area contributed by atoms with Crippen LogP contribution in [0, 0.1) is 0 Å². The number of nitrogens with zero attached hydrogens (tertiary/aromatic N) is 1. The molecule has 3 heterocycles. The first kappa shape index (κ1) is 11.4. The number of rotatable bonds is 2. The zero-order valence-corrected chi connectivity index (χ0v) is 9.56. The van der Waals surface area contributed by atoms with Crippen molar-refractivity contribution in [1.29, 1.82) is 0 Å². The summed E-state index contributed by atoms with van der Waals surface area (Å²) in [7, 11) is 0. The Morgan fingerprint density at radius 2 is 2.00 bits per heavy atom. The largest absolute Gasteiger partial charge is 0.503 e. The average Bonchev–Trinajstić information content (AvgIpc) is 2.94. The summed E-state index contributed by atoms with van der Waals surface area (Å²) in [6, 6.07) is 0. The van der Waals surface area contributed by atoms with Gasteiger partial charge in [-0.2, -0.15) is 0 Å². The first-order valence-corrected chi connectivity index (χ1v) is 5.42. The number of H-pyrrole nitrogens is 3. The van der Waals surface area contributed by atoms with Crippen molar-refractivity contribution in [2.75, 3.05) is 0 Å². The summed E-state index contributed by atoms with van der Waals surface area (Å²) < 4.78 is 0. The normalized spacial score (nSPS) is 11.2. The van der Waals surface area contributed by atoms with Crippen LogP contribution in [-0.4, -0.2) is 35.3 Å². The van der Waals surface area contributed by atoms with Gasteiger partial charge in [-0.05, 0) is 0 Å². The lowest BCUT2D eigenvalue weighted by Crippen LogP contribution is -2.05. The van der Waals surface area contributed by atoms with Crippen LogP contribution in [-0.2, 0) is 6.61 Å². The Morgan fingerprint density at radius 1 is 1.21 bits per heavy atom. The molecule has 19 heavy (non-hydrogen) atoms. The van der Waals surface area contributed by atoms with Gasteiger partial charge in [0, 0.05) is 11.8 Å². The topological polar surface area (TPSA) is 138 Å². The van der Waals surface area contributed by atoms with Crippen LogP contribution in [0.1, 0.15) is 5.69 Å². The van der Waals surface area contributed by atoms with Crippen molar-refractivity contribution in [2.45, 2.75) is 6.61 Å². The second-order valence-corrected chi connectivity index (χ2v) is 3.99. The fourth-order valence-electron chi connectivity index (χ4n) is 1.98. The van der Waals surface area contributed by atoms with Crippen molar-refractivity contribution in [3.8, 4) is 22.8 Å². The van der Waals surface area contributed by atoms with Crippen molar-refractivity contribution in [3.63, 3.8) is 0 Å². The quantitative estimate of drug-likeness (QED) is 0.390. The molecule has 3 aromatic heterocycles. The van der Waals surface area contributed by atoms with E-state index in [0.29, 0.717) is 11.1 Å². The average molecular weight is 262 g/mol. The first-order chi connectivity index (χ1) is 9.13. The van der Waals surface area contributed by atoms with Crippen molar-refractivity contribution in [1.82, 2.24) is 19.9 Å². The van der Waals surface area contributed by atoms with E-state index in [1.807, 2.05) is 0 Å². The van der Waals surface area contributed by atoms with Crippen LogP contribution in [0.4, 0.5) is 0 Å². The number of hydrogen-bond donors (Lipinski definition) is 6. The third-order valence-corrected chi connectivity index (χ3v) is 2.92. The number of hydrogen-bond acceptors (Lipinski definition) is 5. The first-order valence-electron chi connectivity index (χ1n) is 5.42. The third kappa shape index (κ3) is 1.50. The molecule has 0 fully saturated rings. The second kappa shape index (κ2) is 3.89. The van der Waals surface area contributed by atoms with Crippen molar-refractivity contribution < 1.29 is 15.3 Å². The molecule has 3 aromatic rings. The summed E-state index contributed by atoms with van der Waals surface area (Å²) in [5, 5.41) is 28.5. The molecule has 8 heteroatoms. The summed E-state index contributed by atoms with van der Waals surface area (Å²) >= 11 is 0. The zero-order valence-electron chi connectivity index (χ0n) is 9.56. The van der Waals surface area contributed by atoms with E-state index in [-0.39, 0.29) is 22.5 Å². The Labute approximate surface area is 105 Å². The number of aliphatic hydroxyl groups excluding tert-OH is 1. The maximum atomic E-state index is 11.5. The summed E-state index contributed by atoms with van der Waals surface area (Å²) in [5.41, 5.74) is 0.974. The lowest BCUT2D eigenvalue weighted by Gasteiger charge is -1.96. The van der Waals surface area contributed by atoms with Gasteiger partial charge in [-0.3, -0.25) is 4.79 Å². The minimum atomic E-state index is -0.449. The molecule has 3 rings (SSSR count). The van der Waals surface area contributed by atoms with Crippen LogP contribution in [0.15, 0.2) is 17.3 Å². The van der Waals surface area contributed by atoms with Gasteiger partial charge in [0.15, 0.2) is 11.5 Å². The van der Waals surface area contributed by atoms with Gasteiger partial charge in [0.25, 0.3) is 5.56 Å². The molecule has 0 radical (unpaired) electrons. The van der Waals surface area contributed by atoms with E-state index in [0.717, 1.165) is 0 Å². The van der Waals surface area contributed by atoms with Gasteiger partial charge in [-0.1, -0.05) is 0 Å². The van der Waals surface area contributed by atoms with E-state index in [9.17, 15) is 15.0 Å². The molecule has 0 spiro atoms. The highest BCUT2D eigenvalue weighted by Gasteiger charge is 2.20. The molecule has 98 valence electrons. The lowest BCUT2D eigenvalue weighted by molar-refractivity contribution is 0.270. The fourth-order valence-corrected chi connectivity index (χ4v) is 1.98. The number of aromatic nitrogens is 4. The third-order valence-electron chi connectivity index (χ3n) is 2.92. The number of aromatic amines is 3. The van der Waals surface area contributed by atoms with Gasteiger partial charge >= 0.3 is 0 Å². The molecule has 0 aliphatic carbocycles. The van der Waals surface area contributed by atoms with Gasteiger partial charge < -0.3 is 30.3 Å². The zero-order chi connectivity index (χ0) is 13.6. The molecule has 0 aliphatic rings. The van der Waals surface area contributed by atoms with Crippen molar-refractivity contribution in [2.24, 2.45) is 0 Å². The van der Waals surface area contributed by atoms with Crippen LogP contribution < -0.4 is 5.56 Å². The molecule has 0 unspecified atom stereocenters. The maximum Gasteiger partial charge on any atom is 0.275 e. The van der Waals surface area contributed by atoms with E-state index in [2.05, 4.69) is 19.9 Å². The predicted molar refractivity (Wildman–Crippen MR) is 65.8 cm³/mol. The molecule has 0 aliphatic heterocycles. The number of nitrogens with one attached hydrogen (secondary N) is 3. The Kier molecular flexibility index (Phi) is 2.32. The van der Waals surface area contributed by atoms with Gasteiger partial charge in [0.05, 0.1) is 24.3 Å². The standard InChI is InChI=1S/C11H10N4O4/c16-2-5-9(17)10(18)7(15-5)4-1-12-8-6(4)13-3-14-11(8)19/h1,3,12,15-18H,2H2,(H,13,14,19). The summed E-state index contributed by atoms with van der Waals surface area (Å²) in [6.45, 7) is -0.449. The Bertz CT molecular complexity index is 814. The highest BCUT2D eigenvalue weighted by molar-refractivity contribution is 5.93. The SMILES string of the molecule is O=c1[nH]cnc2c(-c3[nH]c(CO)c(O)c3O)c[nH]c12. The van der Waals surface area contributed by atoms with Gasteiger partial charge in [-0.25, -0.2) is 4.98 Å². The molecule has 0 bridgehead atoms. The summed E-state index contributed by atoms with van der Waals surface area (Å²) in [6.07, 6.45) is 2.73. The van der Waals surface area contributed by atoms with E-state index in [4.69, 9.17) is 5.11 Å². The van der Waals surface area contributed by atoms with Crippen LogP contribution >= 0.6 is 0 Å². The Hall–Kier alpha value is -2.74. The van der Waals surface area contributed by atoms with E-state index < -0.39 is 18.1 Å². The molecule has 0 atom stereocenters. The molecule has 0 saturated carbocycles. The lowest BCUT2D eigenvalue weighted by atomic mass is 10.2. The minimum Gasteiger partial charge on any atom is -0.503 e. The van der Waals surface area contributed by atoms with Crippen molar-refractivity contribution in [3.05, 3.63) is 28.6 Å². The monoisotopic (exact) mass is 262 g/mol. The van der Waals surface area contributed by atoms with Crippen molar-refractivity contribution >= 4 is 11.0 Å². The summed E-state index contributed by atoms with van der Waals surface area (Å²) in [4.78, 5) is 23.4. The highest BCUT2D eigenvalue weighted by atomic mass is 16.3.